The molecule has 0 radical (unpaired) electrons. The molecule has 0 bridgehead atoms. The predicted octanol–water partition coefficient (Wildman–Crippen LogP) is 4.49. The number of hydrogen-bond donors (Lipinski definition) is 1. The molecule has 0 unspecified atom stereocenters. The van der Waals surface area contributed by atoms with Gasteiger partial charge in [-0.05, 0) is 26.1 Å². The largest absolute Gasteiger partial charge is 0.484 e. The van der Waals surface area contributed by atoms with E-state index in [-0.39, 0.29) is 16.2 Å². The molecule has 12 heteroatoms. The number of aromatic nitrogens is 3. The van der Waals surface area contributed by atoms with Crippen molar-refractivity contribution in [3.05, 3.63) is 70.6 Å². The topological polar surface area (TPSA) is 89.5 Å². The monoisotopic (exact) mass is 544 g/mol. The number of nitrogens with two attached hydrogens (primary N) is 1. The summed E-state index contributed by atoms with van der Waals surface area (Å²) in [6.07, 6.45) is -2.16. The molecule has 200 valence electrons. The molecule has 38 heavy (non-hydrogen) atoms. The summed E-state index contributed by atoms with van der Waals surface area (Å²) >= 11 is 1.08. The second-order valence-electron chi connectivity index (χ2n) is 9.35. The number of hydrogen-bond acceptors (Lipinski definition) is 7. The van der Waals surface area contributed by atoms with Crippen LogP contribution in [-0.2, 0) is 12.7 Å². The molecule has 2 N–H and O–H groups in total. The minimum atomic E-state index is -4.54. The Labute approximate surface area is 221 Å². The average molecular weight is 545 g/mol. The van der Waals surface area contributed by atoms with Gasteiger partial charge in [-0.3, -0.25) is 19.2 Å². The summed E-state index contributed by atoms with van der Waals surface area (Å²) in [5.74, 6) is -0.618. The van der Waals surface area contributed by atoms with E-state index in [1.54, 1.807) is 23.2 Å². The maximum atomic E-state index is 13.5. The Bertz CT molecular complexity index is 1460. The Balaban J connectivity index is 1.41. The van der Waals surface area contributed by atoms with E-state index in [9.17, 15) is 18.0 Å². The SMILES string of the molecule is C[C@@H](Oc1cc(-n2cnc3cc(CN4CCN(C)CC4)ncc32)sc1C(N)=O)c1ccccc1C(F)(F)F. The molecular weight excluding hydrogens is 517 g/mol. The van der Waals surface area contributed by atoms with Gasteiger partial charge in [0.25, 0.3) is 5.91 Å². The van der Waals surface area contributed by atoms with Crippen LogP contribution in [0.15, 0.2) is 48.9 Å². The van der Waals surface area contributed by atoms with Crippen LogP contribution in [0.1, 0.15) is 39.5 Å². The summed E-state index contributed by atoms with van der Waals surface area (Å²) in [5, 5.41) is 0.584. The molecule has 1 aliphatic rings. The number of pyridine rings is 1. The molecule has 1 aromatic carbocycles. The number of primary amides is 1. The lowest BCUT2D eigenvalue weighted by atomic mass is 10.0. The molecule has 0 saturated carbocycles. The Kier molecular flexibility index (Phi) is 7.12. The van der Waals surface area contributed by atoms with E-state index in [0.717, 1.165) is 66.9 Å². The fourth-order valence-corrected chi connectivity index (χ4v) is 5.48. The Hall–Kier alpha value is -3.48. The first-order valence-electron chi connectivity index (χ1n) is 12.1. The van der Waals surface area contributed by atoms with Gasteiger partial charge in [0.1, 0.15) is 28.1 Å². The molecule has 1 fully saturated rings. The molecular formula is C26H27F3N6O2S. The van der Waals surface area contributed by atoms with Gasteiger partial charge in [0.2, 0.25) is 0 Å². The molecule has 1 saturated heterocycles. The maximum absolute atomic E-state index is 13.5. The minimum Gasteiger partial charge on any atom is -0.484 e. The predicted molar refractivity (Wildman–Crippen MR) is 139 cm³/mol. The van der Waals surface area contributed by atoms with Gasteiger partial charge >= 0.3 is 6.18 Å². The third kappa shape index (κ3) is 5.38. The first-order valence-corrected chi connectivity index (χ1v) is 12.9. The van der Waals surface area contributed by atoms with Gasteiger partial charge in [0.05, 0.1) is 28.5 Å². The molecule has 0 spiro atoms. The van der Waals surface area contributed by atoms with E-state index in [2.05, 4.69) is 26.8 Å². The highest BCUT2D eigenvalue weighted by atomic mass is 32.1. The number of rotatable bonds is 7. The number of piperazine rings is 1. The number of halogens is 3. The van der Waals surface area contributed by atoms with Crippen LogP contribution in [0.2, 0.25) is 0 Å². The summed E-state index contributed by atoms with van der Waals surface area (Å²) in [5.41, 5.74) is 7.15. The molecule has 8 nitrogen and oxygen atoms in total. The summed E-state index contributed by atoms with van der Waals surface area (Å²) in [6.45, 7) is 6.22. The molecule has 3 aromatic heterocycles. The number of fused-ring (bicyclic) bond motifs is 1. The van der Waals surface area contributed by atoms with Crippen LogP contribution in [0.4, 0.5) is 13.2 Å². The number of likely N-dealkylation sites (N-methyl/N-ethyl adjacent to an activating group) is 1. The van der Waals surface area contributed by atoms with Crippen molar-refractivity contribution in [3.63, 3.8) is 0 Å². The lowest BCUT2D eigenvalue weighted by Crippen LogP contribution is -2.43. The second-order valence-corrected chi connectivity index (χ2v) is 10.4. The highest BCUT2D eigenvalue weighted by molar-refractivity contribution is 7.16. The molecule has 1 atom stereocenters. The van der Waals surface area contributed by atoms with Crippen LogP contribution < -0.4 is 10.5 Å². The van der Waals surface area contributed by atoms with Crippen molar-refractivity contribution >= 4 is 28.3 Å². The van der Waals surface area contributed by atoms with Crippen LogP contribution in [0, 0.1) is 0 Å². The first-order chi connectivity index (χ1) is 18.1. The second kappa shape index (κ2) is 10.4. The normalized spacial score (nSPS) is 16.1. The highest BCUT2D eigenvalue weighted by Gasteiger charge is 2.35. The van der Waals surface area contributed by atoms with E-state index >= 15 is 0 Å². The van der Waals surface area contributed by atoms with E-state index in [0.29, 0.717) is 5.00 Å². The van der Waals surface area contributed by atoms with E-state index in [1.165, 1.54) is 25.1 Å². The number of carbonyl (C=O) groups excluding carboxylic acids is 1. The highest BCUT2D eigenvalue weighted by Crippen LogP contribution is 2.39. The third-order valence-electron chi connectivity index (χ3n) is 6.63. The van der Waals surface area contributed by atoms with Gasteiger partial charge < -0.3 is 15.4 Å². The molecule has 5 rings (SSSR count). The van der Waals surface area contributed by atoms with Crippen LogP contribution in [-0.4, -0.2) is 63.5 Å². The van der Waals surface area contributed by atoms with Crippen molar-refractivity contribution in [3.8, 4) is 10.8 Å². The quantitative estimate of drug-likeness (QED) is 0.369. The Morgan fingerprint density at radius 2 is 1.89 bits per heavy atom. The van der Waals surface area contributed by atoms with Crippen LogP contribution >= 0.6 is 11.3 Å². The zero-order valence-electron chi connectivity index (χ0n) is 20.9. The first kappa shape index (κ1) is 26.1. The third-order valence-corrected chi connectivity index (χ3v) is 7.76. The smallest absolute Gasteiger partial charge is 0.416 e. The van der Waals surface area contributed by atoms with Crippen molar-refractivity contribution in [2.24, 2.45) is 5.73 Å². The number of carbonyl (C=O) groups is 1. The zero-order chi connectivity index (χ0) is 27.0. The zero-order valence-corrected chi connectivity index (χ0v) is 21.7. The summed E-state index contributed by atoms with van der Waals surface area (Å²) in [6, 6.07) is 8.74. The Morgan fingerprint density at radius 3 is 2.61 bits per heavy atom. The number of ether oxygens (including phenoxy) is 1. The van der Waals surface area contributed by atoms with E-state index < -0.39 is 23.8 Å². The fraction of sp³-hybridized carbons (Fsp3) is 0.346. The lowest BCUT2D eigenvalue weighted by molar-refractivity contribution is -0.138. The summed E-state index contributed by atoms with van der Waals surface area (Å²) in [7, 11) is 2.11. The molecule has 4 aromatic rings. The standard InChI is InChI=1S/C26H27F3N6O2S/c1-16(18-5-3-4-6-19(18)26(27,28)29)37-22-12-23(38-24(22)25(30)36)35-15-32-20-11-17(31-13-21(20)35)14-34-9-7-33(2)8-10-34/h3-6,11-13,15-16H,7-10,14H2,1-2H3,(H2,30,36)/t16-/m1/s1. The van der Waals surface area contributed by atoms with Crippen LogP contribution in [0.25, 0.3) is 16.0 Å². The molecule has 1 amide bonds. The van der Waals surface area contributed by atoms with Crippen LogP contribution in [0.5, 0.6) is 5.75 Å². The number of alkyl halides is 3. The lowest BCUT2D eigenvalue weighted by Gasteiger charge is -2.32. The van der Waals surface area contributed by atoms with E-state index in [4.69, 9.17) is 10.5 Å². The van der Waals surface area contributed by atoms with Crippen molar-refractivity contribution in [1.82, 2.24) is 24.3 Å². The minimum absolute atomic E-state index is 0.0340. The van der Waals surface area contributed by atoms with Gasteiger partial charge in [-0.2, -0.15) is 13.2 Å². The Morgan fingerprint density at radius 1 is 1.16 bits per heavy atom. The number of benzene rings is 1. The molecule has 1 aliphatic heterocycles. The van der Waals surface area contributed by atoms with Gasteiger partial charge in [0.15, 0.2) is 0 Å². The van der Waals surface area contributed by atoms with Crippen molar-refractivity contribution in [1.29, 1.82) is 0 Å². The number of amides is 1. The van der Waals surface area contributed by atoms with Gasteiger partial charge in [-0.25, -0.2) is 4.98 Å². The number of imidazole rings is 1. The average Bonchev–Trinajstić information content (AvgIpc) is 3.49. The van der Waals surface area contributed by atoms with Gasteiger partial charge in [-0.15, -0.1) is 11.3 Å². The summed E-state index contributed by atoms with van der Waals surface area (Å²) in [4.78, 5) is 26.1. The van der Waals surface area contributed by atoms with Crippen LogP contribution in [0.3, 0.4) is 0 Å². The number of nitrogens with zero attached hydrogens (tertiary/aromatic N) is 5. The fourth-order valence-electron chi connectivity index (χ4n) is 4.55. The van der Waals surface area contributed by atoms with Crippen molar-refractivity contribution in [2.75, 3.05) is 33.2 Å². The van der Waals surface area contributed by atoms with Crippen molar-refractivity contribution in [2.45, 2.75) is 25.7 Å². The molecule has 0 aliphatic carbocycles. The molecule has 4 heterocycles. The van der Waals surface area contributed by atoms with E-state index in [1.807, 2.05) is 6.07 Å². The van der Waals surface area contributed by atoms with Gasteiger partial charge in [-0.1, -0.05) is 18.2 Å². The number of thiophene rings is 1. The maximum Gasteiger partial charge on any atom is 0.416 e. The van der Waals surface area contributed by atoms with Gasteiger partial charge in [0, 0.05) is 44.4 Å². The van der Waals surface area contributed by atoms with Crippen molar-refractivity contribution < 1.29 is 22.7 Å². The summed E-state index contributed by atoms with van der Waals surface area (Å²) < 4.78 is 48.2.